The molecule has 0 aliphatic carbocycles. The van der Waals surface area contributed by atoms with E-state index in [0.717, 1.165) is 56.3 Å². The van der Waals surface area contributed by atoms with E-state index >= 15 is 0 Å². The van der Waals surface area contributed by atoms with Crippen LogP contribution in [-0.2, 0) is 0 Å². The molecule has 268 valence electrons. The van der Waals surface area contributed by atoms with Crippen molar-refractivity contribution in [2.75, 3.05) is 4.90 Å². The van der Waals surface area contributed by atoms with Gasteiger partial charge in [0.15, 0.2) is 23.1 Å². The molecular formula is C51H33N5O. The summed E-state index contributed by atoms with van der Waals surface area (Å²) in [7, 11) is 0. The van der Waals surface area contributed by atoms with E-state index in [1.807, 2.05) is 84.9 Å². The van der Waals surface area contributed by atoms with E-state index in [1.165, 1.54) is 27.4 Å². The number of aromatic nitrogens is 4. The summed E-state index contributed by atoms with van der Waals surface area (Å²) in [6.07, 6.45) is 0. The monoisotopic (exact) mass is 731 g/mol. The Bertz CT molecular complexity index is 3030. The topological polar surface area (TPSA) is 56.1 Å². The second-order valence-corrected chi connectivity index (χ2v) is 14.1. The first-order valence-electron chi connectivity index (χ1n) is 19.0. The highest BCUT2D eigenvalue weighted by molar-refractivity contribution is 6.10. The van der Waals surface area contributed by atoms with Crippen LogP contribution in [-0.4, -0.2) is 19.5 Å². The van der Waals surface area contributed by atoms with Gasteiger partial charge < -0.3 is 9.30 Å². The van der Waals surface area contributed by atoms with Gasteiger partial charge in [0.05, 0.1) is 22.4 Å². The van der Waals surface area contributed by atoms with Crippen LogP contribution in [0.1, 0.15) is 0 Å². The van der Waals surface area contributed by atoms with Gasteiger partial charge in [0.25, 0.3) is 0 Å². The van der Waals surface area contributed by atoms with Gasteiger partial charge in [0.1, 0.15) is 0 Å². The average Bonchev–Trinajstić information content (AvgIpc) is 3.62. The van der Waals surface area contributed by atoms with E-state index in [2.05, 4.69) is 125 Å². The molecule has 0 saturated carbocycles. The second-order valence-electron chi connectivity index (χ2n) is 14.1. The van der Waals surface area contributed by atoms with Crippen molar-refractivity contribution in [1.29, 1.82) is 0 Å². The molecule has 0 amide bonds. The Kier molecular flexibility index (Phi) is 7.71. The molecule has 0 bridgehead atoms. The normalized spacial score (nSPS) is 12.0. The summed E-state index contributed by atoms with van der Waals surface area (Å²) < 4.78 is 9.02. The number of ether oxygens (including phenoxy) is 1. The highest BCUT2D eigenvalue weighted by Gasteiger charge is 2.29. The lowest BCUT2D eigenvalue weighted by Crippen LogP contribution is -2.19. The fourth-order valence-electron chi connectivity index (χ4n) is 7.91. The molecule has 1 aliphatic heterocycles. The summed E-state index contributed by atoms with van der Waals surface area (Å²) in [5, 5.41) is 2.39. The minimum Gasteiger partial charge on any atom is -0.453 e. The number of para-hydroxylation sites is 3. The summed E-state index contributed by atoms with van der Waals surface area (Å²) in [6, 6.07) is 69.2. The van der Waals surface area contributed by atoms with Crippen LogP contribution in [0.5, 0.6) is 11.5 Å². The largest absolute Gasteiger partial charge is 0.453 e. The van der Waals surface area contributed by atoms with Crippen LogP contribution in [0.25, 0.3) is 72.5 Å². The summed E-state index contributed by atoms with van der Waals surface area (Å²) >= 11 is 0. The summed E-state index contributed by atoms with van der Waals surface area (Å²) in [4.78, 5) is 17.2. The van der Waals surface area contributed by atoms with Crippen molar-refractivity contribution in [1.82, 2.24) is 19.5 Å². The first-order valence-corrected chi connectivity index (χ1v) is 19.0. The molecule has 0 unspecified atom stereocenters. The van der Waals surface area contributed by atoms with E-state index in [1.54, 1.807) is 0 Å². The van der Waals surface area contributed by atoms with Crippen molar-refractivity contribution >= 4 is 39.1 Å². The van der Waals surface area contributed by atoms with E-state index in [0.29, 0.717) is 17.6 Å². The Morgan fingerprint density at radius 3 is 1.60 bits per heavy atom. The zero-order valence-corrected chi connectivity index (χ0v) is 30.7. The molecule has 8 aromatic carbocycles. The predicted molar refractivity (Wildman–Crippen MR) is 231 cm³/mol. The highest BCUT2D eigenvalue weighted by atomic mass is 16.5. The minimum absolute atomic E-state index is 0.512. The van der Waals surface area contributed by atoms with Gasteiger partial charge in [-0.2, -0.15) is 9.97 Å². The predicted octanol–water partition coefficient (Wildman–Crippen LogP) is 13.2. The van der Waals surface area contributed by atoms with Crippen molar-refractivity contribution in [3.8, 4) is 62.2 Å². The number of anilines is 3. The summed E-state index contributed by atoms with van der Waals surface area (Å²) in [5.74, 6) is 3.15. The van der Waals surface area contributed by atoms with Crippen molar-refractivity contribution in [2.45, 2.75) is 0 Å². The number of hydrogen-bond donors (Lipinski definition) is 0. The van der Waals surface area contributed by atoms with Gasteiger partial charge in [-0.15, -0.1) is 0 Å². The van der Waals surface area contributed by atoms with Crippen molar-refractivity contribution in [2.24, 2.45) is 0 Å². The third-order valence-electron chi connectivity index (χ3n) is 10.7. The molecular weight excluding hydrogens is 699 g/mol. The molecule has 2 aromatic heterocycles. The minimum atomic E-state index is 0.512. The van der Waals surface area contributed by atoms with Crippen LogP contribution in [0.2, 0.25) is 0 Å². The number of benzene rings is 8. The Morgan fingerprint density at radius 1 is 0.351 bits per heavy atom. The molecule has 0 atom stereocenters. The number of rotatable bonds is 6. The maximum Gasteiger partial charge on any atom is 0.239 e. The zero-order valence-electron chi connectivity index (χ0n) is 30.7. The lowest BCUT2D eigenvalue weighted by molar-refractivity contribution is 0.476. The van der Waals surface area contributed by atoms with Crippen molar-refractivity contribution in [3.63, 3.8) is 0 Å². The molecule has 0 N–H and O–H groups in total. The van der Waals surface area contributed by atoms with E-state index in [4.69, 9.17) is 19.7 Å². The van der Waals surface area contributed by atoms with Crippen LogP contribution in [0, 0.1) is 0 Å². The van der Waals surface area contributed by atoms with Crippen LogP contribution in [0.3, 0.4) is 0 Å². The van der Waals surface area contributed by atoms with Gasteiger partial charge in [-0.05, 0) is 76.9 Å². The summed E-state index contributed by atoms with van der Waals surface area (Å²) in [5.41, 5.74) is 11.5. The van der Waals surface area contributed by atoms with Gasteiger partial charge in [-0.25, -0.2) is 4.98 Å². The molecule has 0 spiro atoms. The molecule has 57 heavy (non-hydrogen) atoms. The fourth-order valence-corrected chi connectivity index (χ4v) is 7.91. The Morgan fingerprint density at radius 2 is 0.877 bits per heavy atom. The lowest BCUT2D eigenvalue weighted by atomic mass is 10.0. The summed E-state index contributed by atoms with van der Waals surface area (Å²) in [6.45, 7) is 0. The third-order valence-corrected chi connectivity index (χ3v) is 10.7. The lowest BCUT2D eigenvalue weighted by Gasteiger charge is -2.31. The van der Waals surface area contributed by atoms with Crippen molar-refractivity contribution in [3.05, 3.63) is 200 Å². The molecule has 6 heteroatoms. The zero-order chi connectivity index (χ0) is 37.7. The Hall–Kier alpha value is -7.83. The molecule has 3 heterocycles. The molecule has 0 fully saturated rings. The maximum atomic E-state index is 6.67. The van der Waals surface area contributed by atoms with E-state index in [9.17, 15) is 0 Å². The van der Waals surface area contributed by atoms with Crippen molar-refractivity contribution < 1.29 is 4.74 Å². The van der Waals surface area contributed by atoms with Crippen LogP contribution < -0.4 is 9.64 Å². The van der Waals surface area contributed by atoms with Crippen LogP contribution >= 0.6 is 0 Å². The second kappa shape index (κ2) is 13.5. The van der Waals surface area contributed by atoms with Gasteiger partial charge in [0.2, 0.25) is 5.95 Å². The molecule has 1 aliphatic rings. The molecule has 6 nitrogen and oxygen atoms in total. The first-order chi connectivity index (χ1) is 28.2. The SMILES string of the molecule is c1ccc(-c2ccc(-n3c4ccccc4c4cc(-c5ccc6c(c5)Oc5ccccc5N6c5nc(-c6ccccc6)nc(-c6ccccc6)n5)ccc43)cc2)cc1. The third kappa shape index (κ3) is 5.70. The van der Waals surface area contributed by atoms with Crippen LogP contribution in [0.4, 0.5) is 17.3 Å². The van der Waals surface area contributed by atoms with Gasteiger partial charge >= 0.3 is 0 Å². The standard InChI is InChI=1S/C51H33N5O/c1-4-14-34(15-5-1)35-24-28-40(29-25-35)55-43-21-11-10-20-41(43)42-32-38(26-30-44(42)55)39-27-31-46-48(33-39)57-47-23-13-12-22-45(47)56(46)51-53-49(36-16-6-2-7-17-36)52-50(54-51)37-18-8-3-9-19-37/h1-33H. The van der Waals surface area contributed by atoms with E-state index < -0.39 is 0 Å². The Balaban J connectivity index is 1.02. The fraction of sp³-hybridized carbons (Fsp3) is 0. The molecule has 10 aromatic rings. The smallest absolute Gasteiger partial charge is 0.239 e. The average molecular weight is 732 g/mol. The maximum absolute atomic E-state index is 6.67. The van der Waals surface area contributed by atoms with Crippen LogP contribution in [0.15, 0.2) is 200 Å². The Labute approximate surface area is 329 Å². The van der Waals surface area contributed by atoms with Gasteiger partial charge in [-0.3, -0.25) is 4.90 Å². The number of hydrogen-bond acceptors (Lipinski definition) is 5. The van der Waals surface area contributed by atoms with Gasteiger partial charge in [0, 0.05) is 27.6 Å². The van der Waals surface area contributed by atoms with E-state index in [-0.39, 0.29) is 0 Å². The quantitative estimate of drug-likeness (QED) is 0.170. The molecule has 0 saturated heterocycles. The van der Waals surface area contributed by atoms with Gasteiger partial charge in [-0.1, -0.05) is 146 Å². The molecule has 0 radical (unpaired) electrons. The molecule has 11 rings (SSSR count). The number of fused-ring (bicyclic) bond motifs is 5. The first kappa shape index (κ1) is 32.6. The highest BCUT2D eigenvalue weighted by Crippen LogP contribution is 2.51. The number of nitrogens with zero attached hydrogens (tertiary/aromatic N) is 5.